The average Bonchev–Trinajstić information content (AvgIpc) is 2.67. The molecule has 0 aliphatic carbocycles. The zero-order chi connectivity index (χ0) is 18.6. The van der Waals surface area contributed by atoms with E-state index in [1.54, 1.807) is 47.4 Å². The number of halogens is 1. The van der Waals surface area contributed by atoms with E-state index in [-0.39, 0.29) is 36.1 Å². The molecule has 3 rings (SSSR count). The number of rotatable bonds is 5. The number of amides is 1. The van der Waals surface area contributed by atoms with Crippen LogP contribution in [0.3, 0.4) is 0 Å². The number of benzene rings is 2. The number of carbonyl (C=O) groups is 1. The van der Waals surface area contributed by atoms with E-state index < -0.39 is 10.0 Å². The van der Waals surface area contributed by atoms with Crippen LogP contribution in [0.4, 0.5) is 4.39 Å². The van der Waals surface area contributed by atoms with E-state index >= 15 is 0 Å². The van der Waals surface area contributed by atoms with Crippen LogP contribution in [0.1, 0.15) is 12.0 Å². The molecular formula is C19H21FN2O3S. The van der Waals surface area contributed by atoms with Crippen LogP contribution in [0.25, 0.3) is 0 Å². The van der Waals surface area contributed by atoms with Crippen molar-refractivity contribution in [3.63, 3.8) is 0 Å². The summed E-state index contributed by atoms with van der Waals surface area (Å²) in [5.41, 5.74) is 0.781. The van der Waals surface area contributed by atoms with Crippen molar-refractivity contribution in [2.75, 3.05) is 26.2 Å². The first-order chi connectivity index (χ1) is 12.5. The summed E-state index contributed by atoms with van der Waals surface area (Å²) in [5.74, 6) is -0.347. The maximum Gasteiger partial charge on any atom is 0.243 e. The van der Waals surface area contributed by atoms with Crippen LogP contribution in [0.15, 0.2) is 59.5 Å². The summed E-state index contributed by atoms with van der Waals surface area (Å²) >= 11 is 0. The summed E-state index contributed by atoms with van der Waals surface area (Å²) in [5, 5.41) is 0. The van der Waals surface area contributed by atoms with Crippen LogP contribution in [0, 0.1) is 5.82 Å². The van der Waals surface area contributed by atoms with Gasteiger partial charge in [0.05, 0.1) is 4.90 Å². The molecule has 0 bridgehead atoms. The third-order valence-electron chi connectivity index (χ3n) is 4.49. The maximum atomic E-state index is 13.2. The van der Waals surface area contributed by atoms with Gasteiger partial charge in [-0.2, -0.15) is 4.31 Å². The molecule has 1 fully saturated rings. The molecule has 1 aliphatic rings. The standard InChI is InChI=1S/C19H21FN2O3S/c20-17-6-4-5-16(15-17)9-10-19(23)21-11-13-22(14-12-21)26(24,25)18-7-2-1-3-8-18/h1-8,15H,9-14H2. The van der Waals surface area contributed by atoms with E-state index in [4.69, 9.17) is 0 Å². The molecule has 0 saturated carbocycles. The molecule has 1 saturated heterocycles. The van der Waals surface area contributed by atoms with Gasteiger partial charge < -0.3 is 4.90 Å². The van der Waals surface area contributed by atoms with Crippen molar-refractivity contribution in [1.29, 1.82) is 0 Å². The van der Waals surface area contributed by atoms with Crippen molar-refractivity contribution >= 4 is 15.9 Å². The van der Waals surface area contributed by atoms with Crippen molar-refractivity contribution < 1.29 is 17.6 Å². The Kier molecular flexibility index (Phi) is 5.68. The van der Waals surface area contributed by atoms with Gasteiger partial charge in [-0.1, -0.05) is 30.3 Å². The highest BCUT2D eigenvalue weighted by atomic mass is 32.2. The molecule has 0 spiro atoms. The first-order valence-electron chi connectivity index (χ1n) is 8.54. The van der Waals surface area contributed by atoms with Gasteiger partial charge in [0.15, 0.2) is 0 Å². The largest absolute Gasteiger partial charge is 0.340 e. The molecule has 0 N–H and O–H groups in total. The predicted octanol–water partition coefficient (Wildman–Crippen LogP) is 2.29. The normalized spacial score (nSPS) is 15.8. The molecule has 138 valence electrons. The minimum Gasteiger partial charge on any atom is -0.340 e. The molecule has 7 heteroatoms. The Morgan fingerprint density at radius 2 is 1.65 bits per heavy atom. The fraction of sp³-hybridized carbons (Fsp3) is 0.316. The van der Waals surface area contributed by atoms with Gasteiger partial charge in [0.1, 0.15) is 5.82 Å². The Hall–Kier alpha value is -2.25. The molecule has 26 heavy (non-hydrogen) atoms. The SMILES string of the molecule is O=C(CCc1cccc(F)c1)N1CCN(S(=O)(=O)c2ccccc2)CC1. The van der Waals surface area contributed by atoms with Gasteiger partial charge in [-0.25, -0.2) is 12.8 Å². The predicted molar refractivity (Wildman–Crippen MR) is 96.5 cm³/mol. The van der Waals surface area contributed by atoms with E-state index in [1.165, 1.54) is 16.4 Å². The lowest BCUT2D eigenvalue weighted by Gasteiger charge is -2.34. The fourth-order valence-corrected chi connectivity index (χ4v) is 4.46. The molecule has 2 aromatic carbocycles. The van der Waals surface area contributed by atoms with Gasteiger partial charge in [0, 0.05) is 32.6 Å². The molecule has 2 aromatic rings. The lowest BCUT2D eigenvalue weighted by atomic mass is 10.1. The Morgan fingerprint density at radius 1 is 0.962 bits per heavy atom. The van der Waals surface area contributed by atoms with Crippen LogP contribution in [-0.4, -0.2) is 49.7 Å². The first-order valence-corrected chi connectivity index (χ1v) is 9.98. The second-order valence-corrected chi connectivity index (χ2v) is 8.17. The molecule has 1 amide bonds. The number of carbonyl (C=O) groups excluding carboxylic acids is 1. The molecule has 1 aliphatic heterocycles. The van der Waals surface area contributed by atoms with Gasteiger partial charge in [0.25, 0.3) is 0 Å². The quantitative estimate of drug-likeness (QED) is 0.805. The summed E-state index contributed by atoms with van der Waals surface area (Å²) in [6.07, 6.45) is 0.758. The smallest absolute Gasteiger partial charge is 0.243 e. The number of hydrogen-bond acceptors (Lipinski definition) is 3. The number of hydrogen-bond donors (Lipinski definition) is 0. The zero-order valence-electron chi connectivity index (χ0n) is 14.3. The van der Waals surface area contributed by atoms with Crippen molar-refractivity contribution in [2.45, 2.75) is 17.7 Å². The van der Waals surface area contributed by atoms with E-state index in [0.29, 0.717) is 19.5 Å². The van der Waals surface area contributed by atoms with Gasteiger partial charge in [-0.05, 0) is 36.2 Å². The highest BCUT2D eigenvalue weighted by Crippen LogP contribution is 2.18. The van der Waals surface area contributed by atoms with Crippen LogP contribution in [0.5, 0.6) is 0 Å². The molecule has 0 unspecified atom stereocenters. The molecule has 0 atom stereocenters. The Morgan fingerprint density at radius 3 is 2.31 bits per heavy atom. The van der Waals surface area contributed by atoms with Gasteiger partial charge in [-0.3, -0.25) is 4.79 Å². The highest BCUT2D eigenvalue weighted by Gasteiger charge is 2.29. The summed E-state index contributed by atoms with van der Waals surface area (Å²) < 4.78 is 39.8. The van der Waals surface area contributed by atoms with Crippen LogP contribution in [-0.2, 0) is 21.2 Å². The van der Waals surface area contributed by atoms with E-state index in [0.717, 1.165) is 5.56 Å². The summed E-state index contributed by atoms with van der Waals surface area (Å²) in [6, 6.07) is 14.5. The van der Waals surface area contributed by atoms with E-state index in [9.17, 15) is 17.6 Å². The topological polar surface area (TPSA) is 57.7 Å². The third kappa shape index (κ3) is 4.28. The molecule has 1 heterocycles. The van der Waals surface area contributed by atoms with Gasteiger partial charge in [-0.15, -0.1) is 0 Å². The maximum absolute atomic E-state index is 13.2. The number of piperazine rings is 1. The fourth-order valence-electron chi connectivity index (χ4n) is 3.02. The third-order valence-corrected chi connectivity index (χ3v) is 6.40. The number of aryl methyl sites for hydroxylation is 1. The Balaban J connectivity index is 1.54. The second-order valence-electron chi connectivity index (χ2n) is 6.23. The molecular weight excluding hydrogens is 355 g/mol. The lowest BCUT2D eigenvalue weighted by molar-refractivity contribution is -0.132. The van der Waals surface area contributed by atoms with Crippen LogP contribution < -0.4 is 0 Å². The van der Waals surface area contributed by atoms with Crippen LogP contribution >= 0.6 is 0 Å². The Labute approximate surface area is 153 Å². The first kappa shape index (κ1) is 18.5. The molecule has 0 radical (unpaired) electrons. The number of nitrogens with zero attached hydrogens (tertiary/aromatic N) is 2. The van der Waals surface area contributed by atoms with Crippen molar-refractivity contribution in [2.24, 2.45) is 0 Å². The summed E-state index contributed by atoms with van der Waals surface area (Å²) in [4.78, 5) is 14.3. The minimum atomic E-state index is -3.52. The van der Waals surface area contributed by atoms with Crippen molar-refractivity contribution in [3.05, 3.63) is 66.0 Å². The monoisotopic (exact) mass is 376 g/mol. The Bertz CT molecular complexity index is 863. The summed E-state index contributed by atoms with van der Waals surface area (Å²) in [6.45, 7) is 1.30. The van der Waals surface area contributed by atoms with Gasteiger partial charge >= 0.3 is 0 Å². The van der Waals surface area contributed by atoms with Gasteiger partial charge in [0.2, 0.25) is 15.9 Å². The van der Waals surface area contributed by atoms with E-state index in [2.05, 4.69) is 0 Å². The minimum absolute atomic E-state index is 0.0361. The highest BCUT2D eigenvalue weighted by molar-refractivity contribution is 7.89. The lowest BCUT2D eigenvalue weighted by Crippen LogP contribution is -2.50. The van der Waals surface area contributed by atoms with Crippen molar-refractivity contribution in [3.8, 4) is 0 Å². The molecule has 0 aromatic heterocycles. The molecule has 5 nitrogen and oxygen atoms in total. The van der Waals surface area contributed by atoms with Crippen LogP contribution in [0.2, 0.25) is 0 Å². The average molecular weight is 376 g/mol. The second kappa shape index (κ2) is 7.97. The number of sulfonamides is 1. The van der Waals surface area contributed by atoms with Crippen molar-refractivity contribution in [1.82, 2.24) is 9.21 Å². The zero-order valence-corrected chi connectivity index (χ0v) is 15.2. The van der Waals surface area contributed by atoms with E-state index in [1.807, 2.05) is 0 Å². The summed E-state index contributed by atoms with van der Waals surface area (Å²) in [7, 11) is -3.52.